The van der Waals surface area contributed by atoms with E-state index in [1.54, 1.807) is 53.3 Å². The van der Waals surface area contributed by atoms with Crippen LogP contribution in [0.1, 0.15) is 153 Å². The van der Waals surface area contributed by atoms with Gasteiger partial charge in [0.05, 0.1) is 142 Å². The zero-order chi connectivity index (χ0) is 94.3. The Kier molecular flexibility index (Phi) is 45.8. The fourth-order valence-corrected chi connectivity index (χ4v) is 18.0. The summed E-state index contributed by atoms with van der Waals surface area (Å²) >= 11 is 0. The van der Waals surface area contributed by atoms with Crippen molar-refractivity contribution in [1.82, 2.24) is 25.4 Å². The number of nitrogens with two attached hydrogens (primary N) is 1. The lowest BCUT2D eigenvalue weighted by Crippen LogP contribution is -2.61. The first-order valence-corrected chi connectivity index (χ1v) is 47.3. The molecule has 7 N–H and O–H groups in total. The van der Waals surface area contributed by atoms with E-state index in [9.17, 15) is 57.3 Å². The number of ketones is 2. The second-order valence-electron chi connectivity index (χ2n) is 34.3. The van der Waals surface area contributed by atoms with Crippen molar-refractivity contribution in [2.75, 3.05) is 171 Å². The number of hydrogen-bond acceptors (Lipinski definition) is 29. The average molecular weight is 1850 g/mol. The lowest BCUT2D eigenvalue weighted by Gasteiger charge is -2.43. The molecule has 5 heterocycles. The third kappa shape index (κ3) is 33.5. The van der Waals surface area contributed by atoms with Gasteiger partial charge in [-0.3, -0.25) is 24.0 Å². The summed E-state index contributed by atoms with van der Waals surface area (Å²) < 4.78 is 129. The molecule has 4 aliphatic heterocycles. The summed E-state index contributed by atoms with van der Waals surface area (Å²) in [6.07, 6.45) is 10.3. The van der Waals surface area contributed by atoms with E-state index in [0.717, 1.165) is 28.3 Å². The number of carbonyl (C=O) groups excluding carboxylic acids is 7. The van der Waals surface area contributed by atoms with Crippen LogP contribution in [-0.2, 0) is 107 Å². The third-order valence-corrected chi connectivity index (χ3v) is 26.3. The predicted octanol–water partition coefficient (Wildman–Crippen LogP) is 8.95. The maximum Gasteiger partial charge on any atom is 0.407 e. The Labute approximate surface area is 764 Å². The molecular weight excluding hydrogens is 1710 g/mol. The zero-order valence-corrected chi connectivity index (χ0v) is 78.4. The number of alkyl carbamates (subject to hydrolysis) is 1. The van der Waals surface area contributed by atoms with Gasteiger partial charge in [-0.2, -0.15) is 0 Å². The van der Waals surface area contributed by atoms with Gasteiger partial charge in [-0.15, -0.1) is 0 Å². The van der Waals surface area contributed by atoms with Crippen LogP contribution in [0, 0.1) is 48.2 Å². The van der Waals surface area contributed by atoms with Crippen molar-refractivity contribution in [2.24, 2.45) is 35.5 Å². The number of nitrogen functional groups attached to an aromatic ring is 1. The number of allylic oxidation sites excluding steroid dienone is 5. The molecule has 1 aromatic heterocycles. The normalized spacial score (nSPS) is 25.9. The van der Waals surface area contributed by atoms with E-state index < -0.39 is 146 Å². The Morgan fingerprint density at radius 2 is 1.34 bits per heavy atom. The minimum absolute atomic E-state index is 0.00578. The molecule has 16 unspecified atom stereocenters. The van der Waals surface area contributed by atoms with Gasteiger partial charge < -0.3 is 113 Å². The van der Waals surface area contributed by atoms with E-state index in [1.165, 1.54) is 29.9 Å². The number of cyclic esters (lactones) is 1. The number of methoxy groups -OCH3 is 3. The maximum atomic E-state index is 15.8. The largest absolute Gasteiger partial charge is 0.491 e. The lowest BCUT2D eigenvalue weighted by atomic mass is 9.78. The number of Topliss-reactive ketones (excluding diaryl/α,β-unsaturated/α-hetero) is 2. The number of anilines is 1. The first-order chi connectivity index (χ1) is 62.4. The number of hydrogen-bond donors (Lipinski definition) is 6. The third-order valence-electron chi connectivity index (χ3n) is 24.5. The molecule has 35 heteroatoms. The van der Waals surface area contributed by atoms with E-state index in [2.05, 4.69) is 15.6 Å². The molecule has 2 saturated heterocycles. The van der Waals surface area contributed by atoms with Crippen LogP contribution >= 0.6 is 0 Å². The van der Waals surface area contributed by atoms with Crippen LogP contribution in [-0.4, -0.2) is 306 Å². The molecule has 0 radical (unpaired) electrons. The van der Waals surface area contributed by atoms with Gasteiger partial charge >= 0.3 is 12.1 Å². The van der Waals surface area contributed by atoms with E-state index >= 15 is 4.39 Å². The molecule has 1 saturated carbocycles. The lowest BCUT2D eigenvalue weighted by molar-refractivity contribution is -0.265. The van der Waals surface area contributed by atoms with Gasteiger partial charge in [0, 0.05) is 107 Å². The Bertz CT molecular complexity index is 4310. The van der Waals surface area contributed by atoms with Gasteiger partial charge in [0.1, 0.15) is 59.3 Å². The quantitative estimate of drug-likeness (QED) is 0.0134. The summed E-state index contributed by atoms with van der Waals surface area (Å²) in [4.78, 5) is 103. The highest BCUT2D eigenvalue weighted by Crippen LogP contribution is 2.40. The standard InChI is InChI=1S/C95H141FN6O27S/c1-62-17-13-12-14-18-63(2)80(115-9)58-74-24-20-68(7)95(112,129-74)90(107)92(109)102-33-16-15-19-76(102)93(110)127-81(59-77(103)64(3)54-67(6)88(106)89(117-11)87(105)66(5)53-62)65(4)55-70-21-26-79(82(56-70)116-10)128-94(111)99-31-36-119-39-41-121-43-45-123-47-49-125-51-50-124-48-46-122-44-42-120-40-38-118-35-30-85(104)98-32-52-130(113,114)83-28-25-75(69(8)86(83)96)91(108)101-34-37-126-78-27-22-71(57-73(78)61-101)72-23-29-84(97)100-60-72/h12-14,17-18,22-23,25,27-29,54,57,60,62,64-66,68,70,74,76-77,79-82,88-89,103,106,112H,15-16,19-21,24,26,30-53,55-56,58-59,61H2,1-11H3,(H2,97,100)(H,98,104)(H,99,111). The van der Waals surface area contributed by atoms with Crippen LogP contribution in [0.15, 0.2) is 101 Å². The second-order valence-corrected chi connectivity index (χ2v) is 36.4. The zero-order valence-electron chi connectivity index (χ0n) is 77.5. The number of aromatic nitrogens is 1. The molecule has 16 atom stereocenters. The highest BCUT2D eigenvalue weighted by atomic mass is 32.2. The number of aliphatic hydroxyl groups is 3. The number of rotatable bonds is 40. The Morgan fingerprint density at radius 3 is 1.97 bits per heavy atom. The fraction of sp³-hybridized carbons (Fsp3) is 0.663. The van der Waals surface area contributed by atoms with Crippen LogP contribution in [0.5, 0.6) is 5.75 Å². The number of amides is 4. The topological polar surface area (TPSA) is 422 Å². The molecule has 8 rings (SSSR count). The van der Waals surface area contributed by atoms with Crippen LogP contribution in [0.3, 0.4) is 0 Å². The van der Waals surface area contributed by atoms with E-state index in [0.29, 0.717) is 148 Å². The van der Waals surface area contributed by atoms with Gasteiger partial charge in [-0.05, 0) is 161 Å². The van der Waals surface area contributed by atoms with E-state index in [4.69, 9.17) is 76.8 Å². The highest BCUT2D eigenvalue weighted by Gasteiger charge is 2.53. The average Bonchev–Trinajstić information content (AvgIpc) is 1.28. The number of piperidine rings is 1. The van der Waals surface area contributed by atoms with Gasteiger partial charge in [0.25, 0.3) is 17.6 Å². The number of halogens is 1. The van der Waals surface area contributed by atoms with Crippen molar-refractivity contribution in [2.45, 2.75) is 211 Å². The van der Waals surface area contributed by atoms with Crippen molar-refractivity contribution in [3.8, 4) is 16.9 Å². The Balaban J connectivity index is 0.645. The summed E-state index contributed by atoms with van der Waals surface area (Å²) in [7, 11) is 0.309. The summed E-state index contributed by atoms with van der Waals surface area (Å²) in [5.41, 5.74) is 9.33. The molecule has 4 amide bonds. The van der Waals surface area contributed by atoms with Gasteiger partial charge in [-0.1, -0.05) is 77.1 Å². The number of pyridine rings is 1. The number of nitrogens with one attached hydrogen (secondary N) is 2. The summed E-state index contributed by atoms with van der Waals surface area (Å²) in [6.45, 7) is 19.5. The molecule has 3 fully saturated rings. The highest BCUT2D eigenvalue weighted by molar-refractivity contribution is 7.91. The fourth-order valence-electron chi connectivity index (χ4n) is 16.7. The molecule has 1 aliphatic carbocycles. The maximum absolute atomic E-state index is 15.8. The second kappa shape index (κ2) is 55.6. The van der Waals surface area contributed by atoms with Crippen LogP contribution in [0.25, 0.3) is 11.1 Å². The molecule has 2 aromatic carbocycles. The number of ether oxygens (including phenoxy) is 15. The van der Waals surface area contributed by atoms with Gasteiger partial charge in [-0.25, -0.2) is 27.4 Å². The predicted molar refractivity (Wildman–Crippen MR) is 480 cm³/mol. The van der Waals surface area contributed by atoms with E-state index in [1.807, 2.05) is 82.3 Å². The number of carbonyl (C=O) groups is 7. The van der Waals surface area contributed by atoms with E-state index in [-0.39, 0.29) is 127 Å². The number of aliphatic hydroxyl groups excluding tert-OH is 2. The van der Waals surface area contributed by atoms with Crippen LogP contribution in [0.2, 0.25) is 0 Å². The monoisotopic (exact) mass is 1850 g/mol. The molecule has 2 bridgehead atoms. The van der Waals surface area contributed by atoms with Crippen LogP contribution < -0.4 is 21.1 Å². The minimum atomic E-state index is -4.19. The number of benzene rings is 2. The Hall–Kier alpha value is -8.08. The summed E-state index contributed by atoms with van der Waals surface area (Å²) in [5, 5.41) is 41.2. The number of fused-ring (bicyclic) bond motifs is 4. The van der Waals surface area contributed by atoms with Crippen molar-refractivity contribution in [3.63, 3.8) is 0 Å². The molecule has 0 spiro atoms. The van der Waals surface area contributed by atoms with Crippen molar-refractivity contribution in [1.29, 1.82) is 0 Å². The van der Waals surface area contributed by atoms with Crippen molar-refractivity contribution in [3.05, 3.63) is 119 Å². The first-order valence-electron chi connectivity index (χ1n) is 45.6. The number of nitrogens with zero attached hydrogens (tertiary/aromatic N) is 3. The number of sulfone groups is 1. The molecule has 130 heavy (non-hydrogen) atoms. The molecule has 5 aliphatic rings. The Morgan fingerprint density at radius 1 is 0.692 bits per heavy atom. The van der Waals surface area contributed by atoms with Gasteiger partial charge in [0.2, 0.25) is 11.7 Å². The molecule has 726 valence electrons. The SMILES string of the molecule is COC1CC2CCC(C)C(O)(O2)C(=O)C(=O)N2CCCCC2C(=O)OC(C(C)CC2CCC(OC(=O)NCCOCCOCCOCCOCCOCCOCCOCCOCCC(=O)NCCS(=O)(=O)c3ccc(C(=O)N4CCOc5ccc(-c6ccc(N)nc6)cc5C4)c(C)c3F)C(OC)C2)CC(O)C(C)C=C(C)C(O)C(OC)C(=O)C(C)CC(C)C=CC=CC=C1C. The van der Waals surface area contributed by atoms with Gasteiger partial charge in [0.15, 0.2) is 15.6 Å². The van der Waals surface area contributed by atoms with Crippen molar-refractivity contribution >= 4 is 57.0 Å². The van der Waals surface area contributed by atoms with Crippen LogP contribution in [0.4, 0.5) is 15.0 Å². The molecule has 3 aromatic rings. The minimum Gasteiger partial charge on any atom is -0.491 e. The smallest absolute Gasteiger partial charge is 0.407 e. The summed E-state index contributed by atoms with van der Waals surface area (Å²) in [6, 6.07) is 10.3. The summed E-state index contributed by atoms with van der Waals surface area (Å²) in [5.74, 6) is -9.53. The first kappa shape index (κ1) is 107. The molecular formula is C95H141FN6O27S. The molecule has 33 nitrogen and oxygen atoms in total. The van der Waals surface area contributed by atoms with Crippen molar-refractivity contribution < 1.29 is 133 Å². The number of esters is 1.